The lowest BCUT2D eigenvalue weighted by atomic mass is 9.98. The first-order valence-electron chi connectivity index (χ1n) is 7.44. The minimum absolute atomic E-state index is 0. The van der Waals surface area contributed by atoms with Crippen LogP contribution in [0.25, 0.3) is 0 Å². The average Bonchev–Trinajstić information content (AvgIpc) is 2.53. The predicted octanol–water partition coefficient (Wildman–Crippen LogP) is 2.18. The van der Waals surface area contributed by atoms with Gasteiger partial charge in [0, 0.05) is 32.4 Å². The highest BCUT2D eigenvalue weighted by atomic mass is 35.5. The molecule has 5 nitrogen and oxygen atoms in total. The van der Waals surface area contributed by atoms with Gasteiger partial charge in [-0.1, -0.05) is 31.9 Å². The number of anilines is 1. The van der Waals surface area contributed by atoms with Crippen LogP contribution in [0.2, 0.25) is 5.02 Å². The topological polar surface area (TPSA) is 62.5 Å². The van der Waals surface area contributed by atoms with Crippen LogP contribution >= 0.6 is 24.0 Å². The number of halogens is 2. The van der Waals surface area contributed by atoms with Crippen molar-refractivity contribution in [3.63, 3.8) is 0 Å². The summed E-state index contributed by atoms with van der Waals surface area (Å²) in [6, 6.07) is 3.25. The van der Waals surface area contributed by atoms with Crippen LogP contribution in [0.4, 0.5) is 5.82 Å². The van der Waals surface area contributed by atoms with Crippen LogP contribution in [0.5, 0.6) is 0 Å². The summed E-state index contributed by atoms with van der Waals surface area (Å²) in [4.78, 5) is 20.6. The summed E-state index contributed by atoms with van der Waals surface area (Å²) in [5.41, 5.74) is 6.03. The summed E-state index contributed by atoms with van der Waals surface area (Å²) in [5.74, 6) is 1.05. The molecule has 1 saturated heterocycles. The molecule has 124 valence electrons. The van der Waals surface area contributed by atoms with E-state index in [1.165, 1.54) is 0 Å². The fraction of sp³-hybridized carbons (Fsp3) is 0.600. The first kappa shape index (κ1) is 19.0. The number of aromatic nitrogens is 1. The van der Waals surface area contributed by atoms with Crippen molar-refractivity contribution < 1.29 is 4.79 Å². The van der Waals surface area contributed by atoms with Gasteiger partial charge in [0.2, 0.25) is 5.91 Å². The van der Waals surface area contributed by atoms with Gasteiger partial charge in [-0.2, -0.15) is 0 Å². The number of pyridine rings is 1. The normalized spacial score (nSPS) is 17.6. The van der Waals surface area contributed by atoms with E-state index in [1.807, 2.05) is 24.0 Å². The van der Waals surface area contributed by atoms with Crippen molar-refractivity contribution >= 4 is 35.7 Å². The van der Waals surface area contributed by atoms with Crippen molar-refractivity contribution in [2.75, 3.05) is 31.1 Å². The van der Waals surface area contributed by atoms with Crippen LogP contribution in [0.3, 0.4) is 0 Å². The molecule has 2 N–H and O–H groups in total. The van der Waals surface area contributed by atoms with Gasteiger partial charge in [0.15, 0.2) is 0 Å². The van der Waals surface area contributed by atoms with Gasteiger partial charge in [-0.25, -0.2) is 4.98 Å². The highest BCUT2D eigenvalue weighted by Gasteiger charge is 2.28. The molecular formula is C15H24Cl2N4O. The largest absolute Gasteiger partial charge is 0.352 e. The van der Waals surface area contributed by atoms with Crippen LogP contribution < -0.4 is 10.6 Å². The molecule has 1 aromatic rings. The maximum atomic E-state index is 12.3. The Balaban J connectivity index is 0.00000242. The Bertz CT molecular complexity index is 492. The zero-order valence-corrected chi connectivity index (χ0v) is 14.6. The number of hydrogen-bond acceptors (Lipinski definition) is 4. The Labute approximate surface area is 143 Å². The van der Waals surface area contributed by atoms with Crippen LogP contribution in [-0.4, -0.2) is 48.0 Å². The third-order valence-electron chi connectivity index (χ3n) is 4.17. The van der Waals surface area contributed by atoms with E-state index in [2.05, 4.69) is 16.8 Å². The molecule has 0 bridgehead atoms. The molecule has 0 aliphatic carbocycles. The highest BCUT2D eigenvalue weighted by Crippen LogP contribution is 2.23. The van der Waals surface area contributed by atoms with Crippen LogP contribution in [0.15, 0.2) is 18.3 Å². The summed E-state index contributed by atoms with van der Waals surface area (Å²) in [6.45, 7) is 6.86. The third kappa shape index (κ3) is 4.24. The van der Waals surface area contributed by atoms with Crippen molar-refractivity contribution in [1.29, 1.82) is 0 Å². The van der Waals surface area contributed by atoms with E-state index in [9.17, 15) is 4.79 Å². The second kappa shape index (κ2) is 8.56. The first-order valence-corrected chi connectivity index (χ1v) is 7.82. The Kier molecular flexibility index (Phi) is 7.39. The monoisotopic (exact) mass is 346 g/mol. The molecule has 0 saturated carbocycles. The number of nitrogens with two attached hydrogens (primary N) is 1. The van der Waals surface area contributed by atoms with Crippen molar-refractivity contribution in [1.82, 2.24) is 9.88 Å². The van der Waals surface area contributed by atoms with Crippen molar-refractivity contribution in [2.45, 2.75) is 26.3 Å². The van der Waals surface area contributed by atoms with E-state index < -0.39 is 6.04 Å². The van der Waals surface area contributed by atoms with Gasteiger partial charge >= 0.3 is 0 Å². The summed E-state index contributed by atoms with van der Waals surface area (Å²) < 4.78 is 0. The second-order valence-electron chi connectivity index (χ2n) is 5.53. The van der Waals surface area contributed by atoms with Gasteiger partial charge in [0.1, 0.15) is 5.82 Å². The smallest absolute Gasteiger partial charge is 0.239 e. The predicted molar refractivity (Wildman–Crippen MR) is 92.7 cm³/mol. The highest BCUT2D eigenvalue weighted by molar-refractivity contribution is 6.32. The van der Waals surface area contributed by atoms with E-state index in [4.69, 9.17) is 17.3 Å². The molecule has 0 spiro atoms. The van der Waals surface area contributed by atoms with Gasteiger partial charge in [-0.15, -0.1) is 12.4 Å². The molecule has 2 rings (SSSR count). The lowest BCUT2D eigenvalue weighted by Crippen LogP contribution is -2.54. The van der Waals surface area contributed by atoms with Gasteiger partial charge in [0.05, 0.1) is 11.1 Å². The number of carbonyl (C=O) groups excluding carboxylic acids is 1. The fourth-order valence-electron chi connectivity index (χ4n) is 2.46. The Morgan fingerprint density at radius 1 is 1.41 bits per heavy atom. The molecule has 1 aliphatic heterocycles. The maximum Gasteiger partial charge on any atom is 0.239 e. The molecular weight excluding hydrogens is 323 g/mol. The van der Waals surface area contributed by atoms with Crippen molar-refractivity contribution in [3.05, 3.63) is 23.4 Å². The molecule has 1 aliphatic rings. The molecule has 7 heteroatoms. The molecule has 0 aromatic carbocycles. The van der Waals surface area contributed by atoms with E-state index in [1.54, 1.807) is 6.20 Å². The molecule has 22 heavy (non-hydrogen) atoms. The molecule has 0 unspecified atom stereocenters. The van der Waals surface area contributed by atoms with E-state index >= 15 is 0 Å². The fourth-order valence-corrected chi connectivity index (χ4v) is 2.70. The summed E-state index contributed by atoms with van der Waals surface area (Å²) in [5, 5.41) is 0.647. The minimum Gasteiger partial charge on any atom is -0.352 e. The number of carbonyl (C=O) groups is 1. The van der Waals surface area contributed by atoms with Gasteiger partial charge in [-0.3, -0.25) is 4.79 Å². The zero-order chi connectivity index (χ0) is 15.4. The molecule has 2 atom stereocenters. The van der Waals surface area contributed by atoms with Crippen LogP contribution in [-0.2, 0) is 4.79 Å². The SMILES string of the molecule is CC[C@H](C)[C@H](N)C(=O)N1CCN(c2ncccc2Cl)CC1.Cl. The number of nitrogens with zero attached hydrogens (tertiary/aromatic N) is 3. The third-order valence-corrected chi connectivity index (χ3v) is 4.47. The molecule has 1 fully saturated rings. The summed E-state index contributed by atoms with van der Waals surface area (Å²) in [6.07, 6.45) is 2.65. The Morgan fingerprint density at radius 2 is 2.05 bits per heavy atom. The maximum absolute atomic E-state index is 12.3. The first-order chi connectivity index (χ1) is 10.0. The van der Waals surface area contributed by atoms with Gasteiger partial charge < -0.3 is 15.5 Å². The number of hydrogen-bond donors (Lipinski definition) is 1. The molecule has 0 radical (unpaired) electrons. The van der Waals surface area contributed by atoms with Gasteiger partial charge in [0.25, 0.3) is 0 Å². The van der Waals surface area contributed by atoms with E-state index in [-0.39, 0.29) is 24.2 Å². The number of amides is 1. The number of rotatable bonds is 4. The minimum atomic E-state index is -0.403. The lowest BCUT2D eigenvalue weighted by Gasteiger charge is -2.37. The lowest BCUT2D eigenvalue weighted by molar-refractivity contribution is -0.134. The van der Waals surface area contributed by atoms with Gasteiger partial charge in [-0.05, 0) is 18.1 Å². The molecule has 2 heterocycles. The quantitative estimate of drug-likeness (QED) is 0.907. The van der Waals surface area contributed by atoms with Crippen molar-refractivity contribution in [3.8, 4) is 0 Å². The standard InChI is InChI=1S/C15H23ClN4O.ClH/c1-3-11(2)13(17)15(21)20-9-7-19(8-10-20)14-12(16)5-4-6-18-14;/h4-6,11,13H,3,7-10,17H2,1-2H3;1H/t11-,13-;/m0./s1. The van der Waals surface area contributed by atoms with E-state index in [0.29, 0.717) is 18.1 Å². The Morgan fingerprint density at radius 3 is 2.59 bits per heavy atom. The Hall–Kier alpha value is -1.04. The van der Waals surface area contributed by atoms with E-state index in [0.717, 1.165) is 25.3 Å². The zero-order valence-electron chi connectivity index (χ0n) is 13.0. The van der Waals surface area contributed by atoms with Crippen LogP contribution in [0.1, 0.15) is 20.3 Å². The van der Waals surface area contributed by atoms with Crippen molar-refractivity contribution in [2.24, 2.45) is 11.7 Å². The average molecular weight is 347 g/mol. The molecule has 1 amide bonds. The summed E-state index contributed by atoms with van der Waals surface area (Å²) >= 11 is 6.16. The second-order valence-corrected chi connectivity index (χ2v) is 5.94. The molecule has 1 aromatic heterocycles. The van der Waals surface area contributed by atoms with Crippen LogP contribution in [0, 0.1) is 5.92 Å². The number of piperazine rings is 1. The summed E-state index contributed by atoms with van der Waals surface area (Å²) in [7, 11) is 0.